The third-order valence-corrected chi connectivity index (χ3v) is 4.36. The summed E-state index contributed by atoms with van der Waals surface area (Å²) in [7, 11) is 0. The summed E-state index contributed by atoms with van der Waals surface area (Å²) in [5.74, 6) is -1.92. The van der Waals surface area contributed by atoms with Gasteiger partial charge in [0.05, 0.1) is 11.1 Å². The number of fused-ring (bicyclic) bond motifs is 1. The lowest BCUT2D eigenvalue weighted by Crippen LogP contribution is -2.34. The number of hydrogen-bond donors (Lipinski definition) is 1. The van der Waals surface area contributed by atoms with E-state index in [1.807, 2.05) is 0 Å². The molecule has 0 spiro atoms. The Morgan fingerprint density at radius 3 is 2.32 bits per heavy atom. The number of amides is 3. The second-order valence-electron chi connectivity index (χ2n) is 6.49. The average molecular weight is 380 g/mol. The van der Waals surface area contributed by atoms with E-state index in [2.05, 4.69) is 5.32 Å². The molecule has 4 rings (SSSR count). The number of carbonyl (C=O) groups is 4. The molecular formula is C20H16N2O6. The number of ether oxygens (including phenoxy) is 1. The molecule has 0 saturated heterocycles. The number of hydrogen-bond acceptors (Lipinski definition) is 6. The number of imide groups is 1. The van der Waals surface area contributed by atoms with Crippen molar-refractivity contribution >= 4 is 29.4 Å². The Labute approximate surface area is 160 Å². The van der Waals surface area contributed by atoms with Gasteiger partial charge in [0.2, 0.25) is 5.91 Å². The van der Waals surface area contributed by atoms with Crippen LogP contribution in [-0.2, 0) is 14.4 Å². The lowest BCUT2D eigenvalue weighted by Gasteiger charge is -2.13. The molecule has 142 valence electrons. The standard InChI is InChI=1S/C20H16N2O6/c23-17(28-22-19(25)15-6-1-2-7-16(15)20(22)26)11-27-14-5-3-4-13(10-14)21-18(24)12-8-9-12/h1-7,10,12H,8-9,11H2,(H,21,24). The van der Waals surface area contributed by atoms with E-state index in [4.69, 9.17) is 9.57 Å². The maximum atomic E-state index is 12.2. The van der Waals surface area contributed by atoms with Gasteiger partial charge in [-0.3, -0.25) is 14.4 Å². The van der Waals surface area contributed by atoms with Crippen LogP contribution in [0.25, 0.3) is 0 Å². The average Bonchev–Trinajstić information content (AvgIpc) is 3.52. The summed E-state index contributed by atoms with van der Waals surface area (Å²) < 4.78 is 5.35. The Bertz CT molecular complexity index is 947. The predicted molar refractivity (Wildman–Crippen MR) is 96.3 cm³/mol. The van der Waals surface area contributed by atoms with E-state index in [0.29, 0.717) is 16.5 Å². The highest BCUT2D eigenvalue weighted by Crippen LogP contribution is 2.30. The zero-order valence-corrected chi connectivity index (χ0v) is 14.7. The monoisotopic (exact) mass is 380 g/mol. The van der Waals surface area contributed by atoms with Gasteiger partial charge >= 0.3 is 5.97 Å². The largest absolute Gasteiger partial charge is 0.482 e. The molecule has 8 heteroatoms. The predicted octanol–water partition coefficient (Wildman–Crippen LogP) is 2.17. The van der Waals surface area contributed by atoms with E-state index < -0.39 is 24.4 Å². The molecule has 28 heavy (non-hydrogen) atoms. The van der Waals surface area contributed by atoms with E-state index in [0.717, 1.165) is 12.8 Å². The van der Waals surface area contributed by atoms with Crippen molar-refractivity contribution in [2.45, 2.75) is 12.8 Å². The van der Waals surface area contributed by atoms with Crippen LogP contribution in [0.3, 0.4) is 0 Å². The zero-order chi connectivity index (χ0) is 19.7. The van der Waals surface area contributed by atoms with Crippen LogP contribution < -0.4 is 10.1 Å². The first-order valence-electron chi connectivity index (χ1n) is 8.75. The minimum atomic E-state index is -0.901. The molecule has 8 nitrogen and oxygen atoms in total. The van der Waals surface area contributed by atoms with Gasteiger partial charge in [-0.25, -0.2) is 4.79 Å². The van der Waals surface area contributed by atoms with Crippen molar-refractivity contribution in [1.29, 1.82) is 0 Å². The fourth-order valence-electron chi connectivity index (χ4n) is 2.77. The highest BCUT2D eigenvalue weighted by Gasteiger charge is 2.38. The lowest BCUT2D eigenvalue weighted by atomic mass is 10.1. The molecule has 0 aromatic heterocycles. The van der Waals surface area contributed by atoms with Crippen LogP contribution >= 0.6 is 0 Å². The highest BCUT2D eigenvalue weighted by atomic mass is 16.7. The number of nitrogens with zero attached hydrogens (tertiary/aromatic N) is 1. The van der Waals surface area contributed by atoms with Gasteiger partial charge < -0.3 is 14.9 Å². The maximum absolute atomic E-state index is 12.2. The van der Waals surface area contributed by atoms with Crippen LogP contribution in [-0.4, -0.2) is 35.4 Å². The first-order chi connectivity index (χ1) is 13.5. The highest BCUT2D eigenvalue weighted by molar-refractivity contribution is 6.20. The SMILES string of the molecule is O=C(COc1cccc(NC(=O)C2CC2)c1)ON1C(=O)c2ccccc2C1=O. The molecule has 1 N–H and O–H groups in total. The van der Waals surface area contributed by atoms with E-state index in [1.54, 1.807) is 36.4 Å². The quantitative estimate of drug-likeness (QED) is 0.771. The molecule has 1 saturated carbocycles. The molecule has 2 aromatic rings. The number of hydroxylamine groups is 2. The van der Waals surface area contributed by atoms with Crippen LogP contribution in [0.1, 0.15) is 33.6 Å². The molecule has 1 heterocycles. The third kappa shape index (κ3) is 3.57. The summed E-state index contributed by atoms with van der Waals surface area (Å²) in [4.78, 5) is 53.0. The molecule has 0 atom stereocenters. The summed E-state index contributed by atoms with van der Waals surface area (Å²) in [5.41, 5.74) is 0.920. The van der Waals surface area contributed by atoms with E-state index in [-0.39, 0.29) is 23.0 Å². The summed E-state index contributed by atoms with van der Waals surface area (Å²) >= 11 is 0. The van der Waals surface area contributed by atoms with Gasteiger partial charge in [-0.05, 0) is 37.1 Å². The van der Waals surface area contributed by atoms with Gasteiger partial charge in [0.15, 0.2) is 6.61 Å². The van der Waals surface area contributed by atoms with Crippen LogP contribution in [0.4, 0.5) is 5.69 Å². The van der Waals surface area contributed by atoms with Crippen molar-refractivity contribution in [3.63, 3.8) is 0 Å². The Morgan fingerprint density at radius 1 is 1.00 bits per heavy atom. The molecule has 0 radical (unpaired) electrons. The second-order valence-corrected chi connectivity index (χ2v) is 6.49. The second kappa shape index (κ2) is 7.15. The van der Waals surface area contributed by atoms with E-state index in [9.17, 15) is 19.2 Å². The van der Waals surface area contributed by atoms with Crippen LogP contribution in [0, 0.1) is 5.92 Å². The topological polar surface area (TPSA) is 102 Å². The van der Waals surface area contributed by atoms with Crippen molar-refractivity contribution in [2.75, 3.05) is 11.9 Å². The van der Waals surface area contributed by atoms with E-state index >= 15 is 0 Å². The van der Waals surface area contributed by atoms with Gasteiger partial charge in [-0.2, -0.15) is 0 Å². The molecule has 0 unspecified atom stereocenters. The summed E-state index contributed by atoms with van der Waals surface area (Å²) in [6.45, 7) is -0.507. The zero-order valence-electron chi connectivity index (χ0n) is 14.7. The molecule has 1 aliphatic heterocycles. The summed E-state index contributed by atoms with van der Waals surface area (Å²) in [5, 5.41) is 3.21. The minimum Gasteiger partial charge on any atom is -0.482 e. The van der Waals surface area contributed by atoms with Crippen molar-refractivity contribution in [3.05, 3.63) is 59.7 Å². The van der Waals surface area contributed by atoms with Crippen LogP contribution in [0.5, 0.6) is 5.75 Å². The molecule has 1 fully saturated rings. The Kier molecular flexibility index (Phi) is 4.52. The maximum Gasteiger partial charge on any atom is 0.370 e. The molecule has 0 bridgehead atoms. The minimum absolute atomic E-state index is 0.0396. The molecule has 1 aliphatic carbocycles. The molecular weight excluding hydrogens is 364 g/mol. The molecule has 3 amide bonds. The number of carbonyl (C=O) groups excluding carboxylic acids is 4. The smallest absolute Gasteiger partial charge is 0.370 e. The number of nitrogens with one attached hydrogen (secondary N) is 1. The Hall–Kier alpha value is -3.68. The first-order valence-corrected chi connectivity index (χ1v) is 8.75. The van der Waals surface area contributed by atoms with Crippen molar-refractivity contribution < 1.29 is 28.8 Å². The lowest BCUT2D eigenvalue weighted by molar-refractivity contribution is -0.170. The first kappa shape index (κ1) is 17.7. The van der Waals surface area contributed by atoms with Crippen LogP contribution in [0.2, 0.25) is 0 Å². The summed E-state index contributed by atoms with van der Waals surface area (Å²) in [6, 6.07) is 12.8. The number of anilines is 1. The van der Waals surface area contributed by atoms with E-state index in [1.165, 1.54) is 12.1 Å². The third-order valence-electron chi connectivity index (χ3n) is 4.36. The number of rotatable bonds is 6. The van der Waals surface area contributed by atoms with Crippen LogP contribution in [0.15, 0.2) is 48.5 Å². The van der Waals surface area contributed by atoms with Gasteiger partial charge in [0.1, 0.15) is 5.75 Å². The van der Waals surface area contributed by atoms with Gasteiger partial charge in [-0.15, -0.1) is 0 Å². The van der Waals surface area contributed by atoms with Gasteiger partial charge in [0.25, 0.3) is 11.8 Å². The van der Waals surface area contributed by atoms with Crippen molar-refractivity contribution in [1.82, 2.24) is 5.06 Å². The Balaban J connectivity index is 1.33. The summed E-state index contributed by atoms with van der Waals surface area (Å²) in [6.07, 6.45) is 1.79. The molecule has 2 aliphatic rings. The number of benzene rings is 2. The van der Waals surface area contributed by atoms with Crippen molar-refractivity contribution in [2.24, 2.45) is 5.92 Å². The van der Waals surface area contributed by atoms with Crippen molar-refractivity contribution in [3.8, 4) is 5.75 Å². The fraction of sp³-hybridized carbons (Fsp3) is 0.200. The fourth-order valence-corrected chi connectivity index (χ4v) is 2.77. The Morgan fingerprint density at radius 2 is 1.68 bits per heavy atom. The molecule has 2 aromatic carbocycles. The van der Waals surface area contributed by atoms with Gasteiger partial charge in [-0.1, -0.05) is 23.3 Å². The normalized spacial score (nSPS) is 15.2. The van der Waals surface area contributed by atoms with Gasteiger partial charge in [0, 0.05) is 17.7 Å².